The lowest BCUT2D eigenvalue weighted by Gasteiger charge is -2.39. The Bertz CT molecular complexity index is 1440. The summed E-state index contributed by atoms with van der Waals surface area (Å²) >= 11 is 0. The number of imidazole rings is 1. The van der Waals surface area contributed by atoms with Crippen LogP contribution in [0.4, 0.5) is 24.9 Å². The van der Waals surface area contributed by atoms with Crippen LogP contribution in [-0.4, -0.2) is 54.0 Å². The predicted molar refractivity (Wildman–Crippen MR) is 145 cm³/mol. The summed E-state index contributed by atoms with van der Waals surface area (Å²) in [7, 11) is 0. The van der Waals surface area contributed by atoms with Crippen molar-refractivity contribution in [2.45, 2.75) is 95.9 Å². The number of fused-ring (bicyclic) bond motifs is 1. The Kier molecular flexibility index (Phi) is 6.86. The molecule has 0 amide bonds. The SMILES string of the molecule is C=Cn1c(N2C(C3CCC[C@H](C)C3)CC[C@H]2C(F)(F)F)nc2nc(-c3n[nH]c(=O)o3)nc(N[C@H](C)C3CCC3)c21. The number of nitrogens with zero attached hydrogens (tertiary/aromatic N) is 6. The molecule has 4 heterocycles. The van der Waals surface area contributed by atoms with Gasteiger partial charge in [-0.15, -0.1) is 5.10 Å². The van der Waals surface area contributed by atoms with E-state index in [4.69, 9.17) is 9.40 Å². The molecule has 3 fully saturated rings. The molecular formula is C27H35F3N8O2. The van der Waals surface area contributed by atoms with E-state index in [1.54, 1.807) is 4.57 Å². The molecule has 0 radical (unpaired) electrons. The fourth-order valence-corrected chi connectivity index (χ4v) is 6.88. The maximum Gasteiger partial charge on any atom is 0.434 e. The molecule has 10 nitrogen and oxygen atoms in total. The number of rotatable bonds is 7. The first-order chi connectivity index (χ1) is 19.1. The second kappa shape index (κ2) is 10.2. The third-order valence-electron chi connectivity index (χ3n) is 9.12. The average Bonchev–Trinajstić information content (AvgIpc) is 3.58. The maximum absolute atomic E-state index is 14.5. The van der Waals surface area contributed by atoms with Crippen LogP contribution in [0.1, 0.15) is 71.6 Å². The molecular weight excluding hydrogens is 525 g/mol. The van der Waals surface area contributed by atoms with Gasteiger partial charge in [0.1, 0.15) is 11.6 Å². The van der Waals surface area contributed by atoms with Gasteiger partial charge in [0.25, 0.3) is 5.89 Å². The summed E-state index contributed by atoms with van der Waals surface area (Å²) < 4.78 is 50.1. The monoisotopic (exact) mass is 560 g/mol. The summed E-state index contributed by atoms with van der Waals surface area (Å²) in [6, 6.07) is -1.91. The topological polar surface area (TPSA) is 118 Å². The summed E-state index contributed by atoms with van der Waals surface area (Å²) in [5.41, 5.74) is 0.610. The number of aromatic nitrogens is 6. The van der Waals surface area contributed by atoms with Crippen LogP contribution in [0.2, 0.25) is 0 Å². The fraction of sp³-hybridized carbons (Fsp3) is 0.667. The van der Waals surface area contributed by atoms with E-state index in [0.29, 0.717) is 29.6 Å². The number of H-pyrrole nitrogens is 1. The Morgan fingerprint density at radius 1 is 1.12 bits per heavy atom. The minimum atomic E-state index is -4.42. The first-order valence-corrected chi connectivity index (χ1v) is 14.2. The van der Waals surface area contributed by atoms with Gasteiger partial charge in [0.15, 0.2) is 11.5 Å². The van der Waals surface area contributed by atoms with E-state index < -0.39 is 18.0 Å². The number of hydrogen-bond acceptors (Lipinski definition) is 8. The van der Waals surface area contributed by atoms with E-state index in [0.717, 1.165) is 44.9 Å². The molecule has 13 heteroatoms. The smallest absolute Gasteiger partial charge is 0.384 e. The van der Waals surface area contributed by atoms with Gasteiger partial charge in [0.05, 0.1) is 0 Å². The molecule has 2 N–H and O–H groups in total. The zero-order valence-electron chi connectivity index (χ0n) is 22.7. The zero-order valence-corrected chi connectivity index (χ0v) is 22.7. The van der Waals surface area contributed by atoms with Crippen molar-refractivity contribution in [1.29, 1.82) is 0 Å². The number of alkyl halides is 3. The minimum absolute atomic E-state index is 0.0125. The molecule has 0 aromatic carbocycles. The minimum Gasteiger partial charge on any atom is -0.384 e. The van der Waals surface area contributed by atoms with Crippen LogP contribution in [0.5, 0.6) is 0 Å². The number of aromatic amines is 1. The maximum atomic E-state index is 14.5. The van der Waals surface area contributed by atoms with Crippen molar-refractivity contribution in [2.24, 2.45) is 17.8 Å². The molecule has 3 aliphatic rings. The van der Waals surface area contributed by atoms with Gasteiger partial charge in [0, 0.05) is 18.3 Å². The van der Waals surface area contributed by atoms with Gasteiger partial charge in [-0.1, -0.05) is 32.8 Å². The highest BCUT2D eigenvalue weighted by Crippen LogP contribution is 2.46. The average molecular weight is 561 g/mol. The summed E-state index contributed by atoms with van der Waals surface area (Å²) in [6.45, 7) is 8.18. The Morgan fingerprint density at radius 2 is 1.90 bits per heavy atom. The number of anilines is 2. The Balaban J connectivity index is 1.50. The summed E-state index contributed by atoms with van der Waals surface area (Å²) in [5, 5.41) is 9.51. The summed E-state index contributed by atoms with van der Waals surface area (Å²) in [6.07, 6.45) is 4.75. The lowest BCUT2D eigenvalue weighted by Crippen LogP contribution is -2.49. The normalized spacial score (nSPS) is 26.7. The molecule has 5 atom stereocenters. The van der Waals surface area contributed by atoms with Gasteiger partial charge in [-0.2, -0.15) is 18.2 Å². The second-order valence-corrected chi connectivity index (χ2v) is 11.7. The van der Waals surface area contributed by atoms with Crippen LogP contribution >= 0.6 is 0 Å². The van der Waals surface area contributed by atoms with E-state index >= 15 is 0 Å². The largest absolute Gasteiger partial charge is 0.434 e. The molecule has 6 rings (SSSR count). The lowest BCUT2D eigenvalue weighted by molar-refractivity contribution is -0.146. The highest BCUT2D eigenvalue weighted by molar-refractivity contribution is 5.89. The first kappa shape index (κ1) is 26.8. The van der Waals surface area contributed by atoms with E-state index in [1.165, 1.54) is 11.1 Å². The quantitative estimate of drug-likeness (QED) is 0.384. The van der Waals surface area contributed by atoms with Crippen molar-refractivity contribution in [3.05, 3.63) is 17.1 Å². The predicted octanol–water partition coefficient (Wildman–Crippen LogP) is 5.60. The highest BCUT2D eigenvalue weighted by Gasteiger charge is 2.53. The van der Waals surface area contributed by atoms with Crippen LogP contribution in [0.25, 0.3) is 29.1 Å². The van der Waals surface area contributed by atoms with Crippen LogP contribution in [0.15, 0.2) is 15.8 Å². The third-order valence-corrected chi connectivity index (χ3v) is 9.12. The Hall–Kier alpha value is -3.38. The van der Waals surface area contributed by atoms with Crippen molar-refractivity contribution in [2.75, 3.05) is 10.2 Å². The number of hydrogen-bond donors (Lipinski definition) is 2. The lowest BCUT2D eigenvalue weighted by atomic mass is 9.78. The molecule has 0 spiro atoms. The van der Waals surface area contributed by atoms with Crippen molar-refractivity contribution < 1.29 is 17.6 Å². The first-order valence-electron chi connectivity index (χ1n) is 14.2. The molecule has 3 aromatic rings. The molecule has 1 saturated heterocycles. The fourth-order valence-electron chi connectivity index (χ4n) is 6.88. The van der Waals surface area contributed by atoms with E-state index in [2.05, 4.69) is 45.9 Å². The van der Waals surface area contributed by atoms with E-state index in [-0.39, 0.29) is 47.7 Å². The molecule has 216 valence electrons. The molecule has 1 aliphatic heterocycles. The molecule has 3 aromatic heterocycles. The zero-order chi connectivity index (χ0) is 28.2. The van der Waals surface area contributed by atoms with Crippen LogP contribution in [0, 0.1) is 17.8 Å². The molecule has 40 heavy (non-hydrogen) atoms. The number of nitrogens with one attached hydrogen (secondary N) is 2. The van der Waals surface area contributed by atoms with Crippen LogP contribution in [-0.2, 0) is 0 Å². The van der Waals surface area contributed by atoms with E-state index in [9.17, 15) is 18.0 Å². The van der Waals surface area contributed by atoms with Gasteiger partial charge in [-0.25, -0.2) is 19.9 Å². The van der Waals surface area contributed by atoms with Crippen molar-refractivity contribution in [3.63, 3.8) is 0 Å². The van der Waals surface area contributed by atoms with Gasteiger partial charge < -0.3 is 14.6 Å². The molecule has 2 saturated carbocycles. The van der Waals surface area contributed by atoms with Crippen molar-refractivity contribution in [1.82, 2.24) is 29.7 Å². The number of halogens is 3. The third kappa shape index (κ3) is 4.77. The second-order valence-electron chi connectivity index (χ2n) is 11.7. The van der Waals surface area contributed by atoms with Crippen LogP contribution in [0.3, 0.4) is 0 Å². The standard InChI is InChI=1S/C27H35F3N8O2/c1-4-37-20-21(31-15(3)16-8-6-9-16)32-23(24-35-36-26(39)40-24)33-22(20)34-25(37)38-18(11-12-19(38)27(28,29)30)17-10-5-7-14(2)13-17/h4,14-19H,1,5-13H2,2-3H3,(H,36,39)(H,31,32,33)/t14-,15+,17?,18?,19-/m0/s1. The Labute approximate surface area is 229 Å². The summed E-state index contributed by atoms with van der Waals surface area (Å²) in [4.78, 5) is 26.9. The van der Waals surface area contributed by atoms with Gasteiger partial charge in [-0.05, 0) is 63.2 Å². The van der Waals surface area contributed by atoms with Crippen molar-refractivity contribution in [3.8, 4) is 11.7 Å². The highest BCUT2D eigenvalue weighted by atomic mass is 19.4. The summed E-state index contributed by atoms with van der Waals surface area (Å²) in [5.74, 6) is 0.738. The molecule has 2 aliphatic carbocycles. The van der Waals surface area contributed by atoms with Crippen molar-refractivity contribution >= 4 is 29.1 Å². The molecule has 0 bridgehead atoms. The molecule has 2 unspecified atom stereocenters. The van der Waals surface area contributed by atoms with Gasteiger partial charge in [-0.3, -0.25) is 4.57 Å². The Morgan fingerprint density at radius 3 is 2.52 bits per heavy atom. The van der Waals surface area contributed by atoms with Crippen LogP contribution < -0.4 is 16.0 Å². The van der Waals surface area contributed by atoms with E-state index in [1.807, 2.05) is 0 Å². The van der Waals surface area contributed by atoms with Gasteiger partial charge in [0.2, 0.25) is 11.8 Å². The van der Waals surface area contributed by atoms with Gasteiger partial charge >= 0.3 is 11.9 Å².